The van der Waals surface area contributed by atoms with Crippen LogP contribution in [0.5, 0.6) is 11.5 Å². The SMILES string of the molecule is COc1ccc(C(=O)CNCC(c2ccccc2Cl)N2CCCCC2)cc1OC. The highest BCUT2D eigenvalue weighted by molar-refractivity contribution is 6.31. The Morgan fingerprint density at radius 3 is 2.48 bits per heavy atom. The second kappa shape index (κ2) is 10.6. The lowest BCUT2D eigenvalue weighted by molar-refractivity contribution is 0.0983. The molecular formula is C23H29ClN2O3. The number of ketones is 1. The standard InChI is InChI=1S/C23H29ClN2O3/c1-28-22-11-10-17(14-23(22)29-2)21(27)16-25-15-20(26-12-6-3-7-13-26)18-8-4-5-9-19(18)24/h4-5,8-11,14,20,25H,3,6-7,12-13,15-16H2,1-2H3. The van der Waals surface area contributed by atoms with Crippen LogP contribution in [0, 0.1) is 0 Å². The van der Waals surface area contributed by atoms with Crippen LogP contribution in [0.15, 0.2) is 42.5 Å². The number of Topliss-reactive ketones (excluding diaryl/α,β-unsaturated/α-hetero) is 1. The van der Waals surface area contributed by atoms with Crippen molar-refractivity contribution in [2.45, 2.75) is 25.3 Å². The molecule has 0 bridgehead atoms. The van der Waals surface area contributed by atoms with E-state index in [1.54, 1.807) is 32.4 Å². The average Bonchev–Trinajstić information content (AvgIpc) is 2.77. The summed E-state index contributed by atoms with van der Waals surface area (Å²) < 4.78 is 10.5. The van der Waals surface area contributed by atoms with Gasteiger partial charge in [-0.15, -0.1) is 0 Å². The number of ether oxygens (including phenoxy) is 2. The summed E-state index contributed by atoms with van der Waals surface area (Å²) in [6.45, 7) is 3.04. The number of methoxy groups -OCH3 is 2. The predicted molar refractivity (Wildman–Crippen MR) is 116 cm³/mol. The first-order valence-electron chi connectivity index (χ1n) is 10.1. The molecule has 2 aromatic rings. The third-order valence-corrected chi connectivity index (χ3v) is 5.77. The van der Waals surface area contributed by atoms with Crippen molar-refractivity contribution >= 4 is 17.4 Å². The van der Waals surface area contributed by atoms with Crippen LogP contribution in [0.25, 0.3) is 0 Å². The molecule has 6 heteroatoms. The van der Waals surface area contributed by atoms with E-state index in [0.29, 0.717) is 23.6 Å². The molecule has 1 aliphatic heterocycles. The number of carbonyl (C=O) groups is 1. The van der Waals surface area contributed by atoms with Crippen molar-refractivity contribution in [2.75, 3.05) is 40.4 Å². The molecule has 0 aliphatic carbocycles. The molecule has 0 saturated carbocycles. The number of piperidine rings is 1. The Kier molecular flexibility index (Phi) is 7.92. The van der Waals surface area contributed by atoms with E-state index in [4.69, 9.17) is 21.1 Å². The summed E-state index contributed by atoms with van der Waals surface area (Å²) in [6, 6.07) is 13.4. The number of hydrogen-bond donors (Lipinski definition) is 1. The Bertz CT molecular complexity index is 822. The summed E-state index contributed by atoms with van der Waals surface area (Å²) in [5.41, 5.74) is 1.71. The van der Waals surface area contributed by atoms with E-state index in [9.17, 15) is 4.79 Å². The molecule has 1 heterocycles. The smallest absolute Gasteiger partial charge is 0.176 e. The van der Waals surface area contributed by atoms with Crippen LogP contribution in [0.4, 0.5) is 0 Å². The highest BCUT2D eigenvalue weighted by atomic mass is 35.5. The molecule has 5 nitrogen and oxygen atoms in total. The van der Waals surface area contributed by atoms with Gasteiger partial charge in [-0.3, -0.25) is 9.69 Å². The number of nitrogens with one attached hydrogen (secondary N) is 1. The van der Waals surface area contributed by atoms with Gasteiger partial charge in [0, 0.05) is 23.2 Å². The number of hydrogen-bond acceptors (Lipinski definition) is 5. The van der Waals surface area contributed by atoms with Crippen molar-refractivity contribution in [3.05, 3.63) is 58.6 Å². The van der Waals surface area contributed by atoms with Crippen LogP contribution < -0.4 is 14.8 Å². The van der Waals surface area contributed by atoms with Crippen LogP contribution in [0.2, 0.25) is 5.02 Å². The molecular weight excluding hydrogens is 388 g/mol. The minimum absolute atomic E-state index is 0.0162. The van der Waals surface area contributed by atoms with E-state index >= 15 is 0 Å². The molecule has 0 aromatic heterocycles. The van der Waals surface area contributed by atoms with Gasteiger partial charge in [0.05, 0.1) is 20.8 Å². The number of rotatable bonds is 9. The monoisotopic (exact) mass is 416 g/mol. The molecule has 2 aromatic carbocycles. The van der Waals surface area contributed by atoms with Crippen molar-refractivity contribution < 1.29 is 14.3 Å². The van der Waals surface area contributed by atoms with E-state index < -0.39 is 0 Å². The molecule has 1 aliphatic rings. The normalized spacial score (nSPS) is 15.7. The lowest BCUT2D eigenvalue weighted by Crippen LogP contribution is -2.40. The molecule has 1 fully saturated rings. The van der Waals surface area contributed by atoms with Gasteiger partial charge in [0.1, 0.15) is 0 Å². The van der Waals surface area contributed by atoms with Crippen LogP contribution >= 0.6 is 11.6 Å². The van der Waals surface area contributed by atoms with E-state index in [2.05, 4.69) is 16.3 Å². The average molecular weight is 417 g/mol. The molecule has 1 atom stereocenters. The maximum Gasteiger partial charge on any atom is 0.176 e. The first kappa shape index (κ1) is 21.6. The topological polar surface area (TPSA) is 50.8 Å². The van der Waals surface area contributed by atoms with E-state index in [1.807, 2.05) is 18.2 Å². The number of benzene rings is 2. The van der Waals surface area contributed by atoms with Gasteiger partial charge in [-0.05, 0) is 55.8 Å². The Balaban J connectivity index is 1.66. The van der Waals surface area contributed by atoms with Crippen LogP contribution in [0.1, 0.15) is 41.2 Å². The fraction of sp³-hybridized carbons (Fsp3) is 0.435. The first-order valence-corrected chi connectivity index (χ1v) is 10.5. The van der Waals surface area contributed by atoms with Crippen molar-refractivity contribution in [2.24, 2.45) is 0 Å². The van der Waals surface area contributed by atoms with Crippen molar-refractivity contribution in [3.8, 4) is 11.5 Å². The van der Waals surface area contributed by atoms with Gasteiger partial charge in [-0.2, -0.15) is 0 Å². The van der Waals surface area contributed by atoms with Crippen LogP contribution in [-0.4, -0.2) is 51.1 Å². The minimum Gasteiger partial charge on any atom is -0.493 e. The van der Waals surface area contributed by atoms with E-state index in [1.165, 1.54) is 19.3 Å². The molecule has 1 saturated heterocycles. The van der Waals surface area contributed by atoms with Gasteiger partial charge in [-0.1, -0.05) is 36.2 Å². The molecule has 0 radical (unpaired) electrons. The van der Waals surface area contributed by atoms with Gasteiger partial charge in [0.2, 0.25) is 0 Å². The van der Waals surface area contributed by atoms with E-state index in [0.717, 1.165) is 23.7 Å². The highest BCUT2D eigenvalue weighted by Gasteiger charge is 2.24. The minimum atomic E-state index is 0.0162. The zero-order valence-corrected chi connectivity index (χ0v) is 17.9. The summed E-state index contributed by atoms with van der Waals surface area (Å²) in [4.78, 5) is 15.1. The summed E-state index contributed by atoms with van der Waals surface area (Å²) in [5, 5.41) is 4.13. The summed E-state index contributed by atoms with van der Waals surface area (Å²) in [6.07, 6.45) is 3.67. The van der Waals surface area contributed by atoms with E-state index in [-0.39, 0.29) is 18.4 Å². The summed E-state index contributed by atoms with van der Waals surface area (Å²) in [7, 11) is 3.15. The molecule has 29 heavy (non-hydrogen) atoms. The number of nitrogens with zero attached hydrogens (tertiary/aromatic N) is 1. The fourth-order valence-electron chi connectivity index (χ4n) is 3.85. The van der Waals surface area contributed by atoms with Crippen molar-refractivity contribution in [3.63, 3.8) is 0 Å². The molecule has 1 N–H and O–H groups in total. The maximum absolute atomic E-state index is 12.7. The van der Waals surface area contributed by atoms with Gasteiger partial charge in [0.25, 0.3) is 0 Å². The lowest BCUT2D eigenvalue weighted by atomic mass is 10.0. The Morgan fingerprint density at radius 1 is 1.07 bits per heavy atom. The van der Waals surface area contributed by atoms with Crippen molar-refractivity contribution in [1.29, 1.82) is 0 Å². The van der Waals surface area contributed by atoms with Gasteiger partial charge in [-0.25, -0.2) is 0 Å². The van der Waals surface area contributed by atoms with Crippen LogP contribution in [0.3, 0.4) is 0 Å². The zero-order valence-electron chi connectivity index (χ0n) is 17.1. The molecule has 1 unspecified atom stereocenters. The third-order valence-electron chi connectivity index (χ3n) is 5.42. The largest absolute Gasteiger partial charge is 0.493 e. The Labute approximate surface area is 177 Å². The zero-order chi connectivity index (χ0) is 20.6. The van der Waals surface area contributed by atoms with Crippen molar-refractivity contribution in [1.82, 2.24) is 10.2 Å². The van der Waals surface area contributed by atoms with Gasteiger partial charge < -0.3 is 14.8 Å². The molecule has 156 valence electrons. The summed E-state index contributed by atoms with van der Waals surface area (Å²) >= 11 is 6.49. The second-order valence-electron chi connectivity index (χ2n) is 7.26. The van der Waals surface area contributed by atoms with Gasteiger partial charge >= 0.3 is 0 Å². The third kappa shape index (κ3) is 5.50. The summed E-state index contributed by atoms with van der Waals surface area (Å²) in [5.74, 6) is 1.18. The molecule has 3 rings (SSSR count). The quantitative estimate of drug-likeness (QED) is 0.615. The Morgan fingerprint density at radius 2 is 1.79 bits per heavy atom. The fourth-order valence-corrected chi connectivity index (χ4v) is 4.11. The van der Waals surface area contributed by atoms with Gasteiger partial charge in [0.15, 0.2) is 17.3 Å². The number of halogens is 1. The van der Waals surface area contributed by atoms with Crippen LogP contribution in [-0.2, 0) is 0 Å². The number of likely N-dealkylation sites (tertiary alicyclic amines) is 1. The molecule has 0 spiro atoms. The number of carbonyl (C=O) groups excluding carboxylic acids is 1. The predicted octanol–water partition coefficient (Wildman–Crippen LogP) is 4.36. The Hall–Kier alpha value is -2.08. The highest BCUT2D eigenvalue weighted by Crippen LogP contribution is 2.30. The first-order chi connectivity index (χ1) is 14.1. The lowest BCUT2D eigenvalue weighted by Gasteiger charge is -2.35. The second-order valence-corrected chi connectivity index (χ2v) is 7.66. The molecule has 0 amide bonds. The maximum atomic E-state index is 12.7.